The summed E-state index contributed by atoms with van der Waals surface area (Å²) in [4.78, 5) is 0. The van der Waals surface area contributed by atoms with Gasteiger partial charge in [-0.25, -0.2) is 0 Å². The van der Waals surface area contributed by atoms with Crippen molar-refractivity contribution in [3.8, 4) is 0 Å². The van der Waals surface area contributed by atoms with Crippen LogP contribution >= 0.6 is 0 Å². The van der Waals surface area contributed by atoms with E-state index in [0.29, 0.717) is 0 Å². The first-order valence-electron chi connectivity index (χ1n) is 4.59. The lowest BCUT2D eigenvalue weighted by molar-refractivity contribution is 0.557. The Kier molecular flexibility index (Phi) is 4.96. The molecule has 0 saturated carbocycles. The topological polar surface area (TPSA) is 13.1 Å². The summed E-state index contributed by atoms with van der Waals surface area (Å²) in [6.07, 6.45) is 17.4. The molecule has 0 aliphatic carbocycles. The number of rotatable bonds is 4. The van der Waals surface area contributed by atoms with Gasteiger partial charge < -0.3 is 4.42 Å². The first-order valence-corrected chi connectivity index (χ1v) is 4.59. The van der Waals surface area contributed by atoms with Gasteiger partial charge >= 0.3 is 0 Å². The van der Waals surface area contributed by atoms with Crippen molar-refractivity contribution in [1.29, 1.82) is 0 Å². The Labute approximate surface area is 84.8 Å². The third-order valence-corrected chi connectivity index (χ3v) is 1.55. The highest BCUT2D eigenvalue weighted by Crippen LogP contribution is 2.01. The van der Waals surface area contributed by atoms with E-state index in [-0.39, 0.29) is 0 Å². The second-order valence-corrected chi connectivity index (χ2v) is 2.67. The maximum Gasteiger partial charge on any atom is 0.126 e. The number of allylic oxidation sites excluding steroid dienone is 7. The minimum absolute atomic E-state index is 0.868. The molecule has 0 amide bonds. The summed E-state index contributed by atoms with van der Waals surface area (Å²) in [5.41, 5.74) is 0. The van der Waals surface area contributed by atoms with Gasteiger partial charge in [0.05, 0.1) is 6.26 Å². The second kappa shape index (κ2) is 6.72. The molecule has 1 aromatic heterocycles. The van der Waals surface area contributed by atoms with Crippen LogP contribution in [0.1, 0.15) is 12.7 Å². The minimum atomic E-state index is 0.868. The van der Waals surface area contributed by atoms with Gasteiger partial charge in [-0.3, -0.25) is 0 Å². The highest BCUT2D eigenvalue weighted by Gasteiger charge is 1.82. The summed E-state index contributed by atoms with van der Waals surface area (Å²) in [7, 11) is 0. The van der Waals surface area contributed by atoms with Crippen molar-refractivity contribution in [1.82, 2.24) is 0 Å². The molecule has 1 heteroatoms. The van der Waals surface area contributed by atoms with Gasteiger partial charge in [0, 0.05) is 0 Å². The zero-order valence-corrected chi connectivity index (χ0v) is 8.26. The van der Waals surface area contributed by atoms with Crippen LogP contribution in [0.15, 0.2) is 65.3 Å². The summed E-state index contributed by atoms with van der Waals surface area (Å²) in [5.74, 6) is 0.868. The Morgan fingerprint density at radius 2 is 1.71 bits per heavy atom. The minimum Gasteiger partial charge on any atom is -0.465 e. The van der Waals surface area contributed by atoms with Crippen molar-refractivity contribution < 1.29 is 4.42 Å². The molecule has 1 rings (SSSR count). The van der Waals surface area contributed by atoms with Gasteiger partial charge in [0.1, 0.15) is 5.76 Å². The van der Waals surface area contributed by atoms with Crippen LogP contribution in [-0.2, 0) is 0 Å². The molecule has 1 heterocycles. The molecular weight excluding hydrogens is 172 g/mol. The van der Waals surface area contributed by atoms with E-state index in [0.717, 1.165) is 5.76 Å². The fourth-order valence-corrected chi connectivity index (χ4v) is 0.904. The van der Waals surface area contributed by atoms with Crippen molar-refractivity contribution in [3.63, 3.8) is 0 Å². The molecule has 0 aromatic carbocycles. The van der Waals surface area contributed by atoms with Crippen LogP contribution in [0.4, 0.5) is 0 Å². The van der Waals surface area contributed by atoms with Crippen LogP contribution in [0.3, 0.4) is 0 Å². The van der Waals surface area contributed by atoms with Crippen molar-refractivity contribution in [2.45, 2.75) is 6.92 Å². The molecule has 0 atom stereocenters. The molecular formula is C13H14O. The standard InChI is InChI=1S/C13H14O/c1-2-3-4-5-6-7-8-10-13-11-9-12-14-13/h2-12H,1H3/b3-2+,5-4+,7-6+,10-8+. The van der Waals surface area contributed by atoms with E-state index in [1.807, 2.05) is 67.7 Å². The zero-order valence-electron chi connectivity index (χ0n) is 8.26. The van der Waals surface area contributed by atoms with Crippen LogP contribution < -0.4 is 0 Å². The molecule has 14 heavy (non-hydrogen) atoms. The van der Waals surface area contributed by atoms with Gasteiger partial charge in [0.2, 0.25) is 0 Å². The van der Waals surface area contributed by atoms with Gasteiger partial charge in [-0.1, -0.05) is 42.5 Å². The van der Waals surface area contributed by atoms with E-state index < -0.39 is 0 Å². The Bertz CT molecular complexity index is 337. The molecule has 1 aromatic rings. The lowest BCUT2D eigenvalue weighted by Crippen LogP contribution is -1.57. The predicted octanol–water partition coefficient (Wildman–Crippen LogP) is 3.98. The highest BCUT2D eigenvalue weighted by molar-refractivity contribution is 5.44. The summed E-state index contributed by atoms with van der Waals surface area (Å²) in [6.45, 7) is 1.99. The molecule has 0 unspecified atom stereocenters. The predicted molar refractivity (Wildman–Crippen MR) is 60.8 cm³/mol. The smallest absolute Gasteiger partial charge is 0.126 e. The molecule has 1 nitrogen and oxygen atoms in total. The third-order valence-electron chi connectivity index (χ3n) is 1.55. The fraction of sp³-hybridized carbons (Fsp3) is 0.0769. The quantitative estimate of drug-likeness (QED) is 0.648. The van der Waals surface area contributed by atoms with Gasteiger partial charge in [-0.05, 0) is 25.1 Å². The van der Waals surface area contributed by atoms with E-state index >= 15 is 0 Å². The van der Waals surface area contributed by atoms with Gasteiger partial charge in [-0.15, -0.1) is 0 Å². The van der Waals surface area contributed by atoms with Crippen molar-refractivity contribution in [2.24, 2.45) is 0 Å². The maximum absolute atomic E-state index is 5.13. The molecule has 0 bridgehead atoms. The molecule has 0 fully saturated rings. The molecule has 0 aliphatic heterocycles. The maximum atomic E-state index is 5.13. The van der Waals surface area contributed by atoms with Crippen LogP contribution in [0.2, 0.25) is 0 Å². The second-order valence-electron chi connectivity index (χ2n) is 2.67. The van der Waals surface area contributed by atoms with Crippen LogP contribution in [0.25, 0.3) is 6.08 Å². The SMILES string of the molecule is C/C=C/C=C/C=C/C=C/c1ccco1. The molecule has 0 N–H and O–H groups in total. The zero-order chi connectivity index (χ0) is 10.1. The van der Waals surface area contributed by atoms with Crippen LogP contribution in [0, 0.1) is 0 Å². The summed E-state index contributed by atoms with van der Waals surface area (Å²) in [5, 5.41) is 0. The molecule has 0 saturated heterocycles. The largest absolute Gasteiger partial charge is 0.465 e. The molecule has 0 spiro atoms. The van der Waals surface area contributed by atoms with Gasteiger partial charge in [0.25, 0.3) is 0 Å². The average Bonchev–Trinajstić information content (AvgIpc) is 2.69. The average molecular weight is 186 g/mol. The number of hydrogen-bond acceptors (Lipinski definition) is 1. The molecule has 0 radical (unpaired) electrons. The monoisotopic (exact) mass is 186 g/mol. The van der Waals surface area contributed by atoms with Crippen molar-refractivity contribution >= 4 is 6.08 Å². The lowest BCUT2D eigenvalue weighted by Gasteiger charge is -1.79. The van der Waals surface area contributed by atoms with E-state index in [9.17, 15) is 0 Å². The first-order chi connectivity index (χ1) is 6.93. The highest BCUT2D eigenvalue weighted by atomic mass is 16.3. The van der Waals surface area contributed by atoms with Gasteiger partial charge in [0.15, 0.2) is 0 Å². The van der Waals surface area contributed by atoms with Crippen LogP contribution in [-0.4, -0.2) is 0 Å². The van der Waals surface area contributed by atoms with E-state index in [2.05, 4.69) is 0 Å². The van der Waals surface area contributed by atoms with Gasteiger partial charge in [-0.2, -0.15) is 0 Å². The molecule has 0 aliphatic rings. The number of hydrogen-bond donors (Lipinski definition) is 0. The Hall–Kier alpha value is -1.76. The Balaban J connectivity index is 2.33. The fourth-order valence-electron chi connectivity index (χ4n) is 0.904. The van der Waals surface area contributed by atoms with E-state index in [1.165, 1.54) is 0 Å². The number of furan rings is 1. The summed E-state index contributed by atoms with van der Waals surface area (Å²) in [6, 6.07) is 3.79. The summed E-state index contributed by atoms with van der Waals surface area (Å²) >= 11 is 0. The normalized spacial score (nSPS) is 12.9. The third kappa shape index (κ3) is 4.31. The van der Waals surface area contributed by atoms with E-state index in [1.54, 1.807) is 6.26 Å². The Morgan fingerprint density at radius 1 is 1.00 bits per heavy atom. The summed E-state index contributed by atoms with van der Waals surface area (Å²) < 4.78 is 5.13. The van der Waals surface area contributed by atoms with Crippen molar-refractivity contribution in [2.75, 3.05) is 0 Å². The van der Waals surface area contributed by atoms with E-state index in [4.69, 9.17) is 4.42 Å². The Morgan fingerprint density at radius 3 is 2.36 bits per heavy atom. The van der Waals surface area contributed by atoms with Crippen LogP contribution in [0.5, 0.6) is 0 Å². The molecule has 72 valence electrons. The van der Waals surface area contributed by atoms with Crippen molar-refractivity contribution in [3.05, 3.63) is 66.7 Å². The lowest BCUT2D eigenvalue weighted by atomic mass is 10.3. The first kappa shape index (κ1) is 10.3.